The number of ether oxygens (including phenoxy) is 1. The number of benzene rings is 3. The van der Waals surface area contributed by atoms with Crippen molar-refractivity contribution in [2.24, 2.45) is 0 Å². The summed E-state index contributed by atoms with van der Waals surface area (Å²) in [6.45, 7) is 4.06. The molecule has 0 fully saturated rings. The van der Waals surface area contributed by atoms with Gasteiger partial charge in [0.2, 0.25) is 5.88 Å². The van der Waals surface area contributed by atoms with Crippen LogP contribution < -0.4 is 4.74 Å². The fraction of sp³-hybridized carbons (Fsp3) is 0.0833. The Kier molecular flexibility index (Phi) is 3.83. The van der Waals surface area contributed by atoms with Crippen molar-refractivity contribution in [2.45, 2.75) is 13.8 Å². The minimum Gasteiger partial charge on any atom is -0.463 e. The highest BCUT2D eigenvalue weighted by atomic mass is 16.5. The molecule has 0 atom stereocenters. The van der Waals surface area contributed by atoms with Crippen molar-refractivity contribution in [3.63, 3.8) is 0 Å². The molecule has 0 N–H and O–H groups in total. The molecule has 0 bridgehead atoms. The van der Waals surface area contributed by atoms with Gasteiger partial charge in [-0.25, -0.2) is 0 Å². The highest BCUT2D eigenvalue weighted by Gasteiger charge is 2.16. The molecule has 4 heteroatoms. The Labute approximate surface area is 162 Å². The van der Waals surface area contributed by atoms with Gasteiger partial charge in [0.25, 0.3) is 0 Å². The molecular weight excluding hydrogens is 348 g/mol. The van der Waals surface area contributed by atoms with Gasteiger partial charge in [0, 0.05) is 10.8 Å². The van der Waals surface area contributed by atoms with Gasteiger partial charge in [0.1, 0.15) is 11.4 Å². The number of rotatable bonds is 3. The zero-order valence-electron chi connectivity index (χ0n) is 15.6. The first kappa shape index (κ1) is 16.5. The lowest BCUT2D eigenvalue weighted by molar-refractivity contribution is 0.455. The largest absolute Gasteiger partial charge is 0.463 e. The van der Waals surface area contributed by atoms with E-state index in [2.05, 4.69) is 34.5 Å². The second-order valence-corrected chi connectivity index (χ2v) is 6.90. The SMILES string of the molecule is Cc1cccc(C)c1Oc1nnc(-c2ccco2)c2cc3ccccc3cc12. The number of aryl methyl sites for hydroxylation is 2. The van der Waals surface area contributed by atoms with Crippen LogP contribution in [0.15, 0.2) is 77.4 Å². The van der Waals surface area contributed by atoms with Gasteiger partial charge in [0.15, 0.2) is 5.76 Å². The summed E-state index contributed by atoms with van der Waals surface area (Å²) in [5, 5.41) is 13.0. The molecule has 136 valence electrons. The van der Waals surface area contributed by atoms with Gasteiger partial charge in [-0.2, -0.15) is 0 Å². The topological polar surface area (TPSA) is 48.2 Å². The third-order valence-electron chi connectivity index (χ3n) is 4.97. The third kappa shape index (κ3) is 2.70. The maximum Gasteiger partial charge on any atom is 0.246 e. The molecule has 2 aromatic heterocycles. The molecule has 0 saturated carbocycles. The van der Waals surface area contributed by atoms with Gasteiger partial charge in [-0.15, -0.1) is 10.2 Å². The van der Waals surface area contributed by atoms with Gasteiger partial charge in [0.05, 0.1) is 6.26 Å². The lowest BCUT2D eigenvalue weighted by atomic mass is 10.0. The van der Waals surface area contributed by atoms with E-state index < -0.39 is 0 Å². The van der Waals surface area contributed by atoms with E-state index in [1.54, 1.807) is 6.26 Å². The van der Waals surface area contributed by atoms with Crippen molar-refractivity contribution in [1.82, 2.24) is 10.2 Å². The molecule has 0 spiro atoms. The molecule has 5 rings (SSSR count). The Bertz CT molecular complexity index is 1290. The lowest BCUT2D eigenvalue weighted by Crippen LogP contribution is -1.98. The number of para-hydroxylation sites is 1. The maximum absolute atomic E-state index is 6.27. The molecule has 4 nitrogen and oxygen atoms in total. The fourth-order valence-electron chi connectivity index (χ4n) is 3.54. The summed E-state index contributed by atoms with van der Waals surface area (Å²) in [5.74, 6) is 2.00. The normalized spacial score (nSPS) is 11.2. The van der Waals surface area contributed by atoms with E-state index in [1.807, 2.05) is 56.3 Å². The van der Waals surface area contributed by atoms with E-state index in [4.69, 9.17) is 9.15 Å². The number of furan rings is 1. The molecule has 5 aromatic rings. The van der Waals surface area contributed by atoms with Crippen molar-refractivity contribution in [3.05, 3.63) is 84.1 Å². The van der Waals surface area contributed by atoms with Crippen LogP contribution >= 0.6 is 0 Å². The summed E-state index contributed by atoms with van der Waals surface area (Å²) in [5.41, 5.74) is 2.83. The van der Waals surface area contributed by atoms with Gasteiger partial charge in [-0.1, -0.05) is 42.5 Å². The van der Waals surface area contributed by atoms with E-state index in [0.717, 1.165) is 38.4 Å². The lowest BCUT2D eigenvalue weighted by Gasteiger charge is -2.13. The summed E-state index contributed by atoms with van der Waals surface area (Å²) in [6, 6.07) is 22.3. The molecule has 0 aliphatic carbocycles. The number of hydrogen-bond acceptors (Lipinski definition) is 4. The van der Waals surface area contributed by atoms with Crippen molar-refractivity contribution in [1.29, 1.82) is 0 Å². The van der Waals surface area contributed by atoms with Crippen LogP contribution in [-0.4, -0.2) is 10.2 Å². The Hall–Kier alpha value is -3.66. The number of fused-ring (bicyclic) bond motifs is 2. The summed E-state index contributed by atoms with van der Waals surface area (Å²) in [7, 11) is 0. The predicted molar refractivity (Wildman–Crippen MR) is 111 cm³/mol. The molecule has 3 aromatic carbocycles. The van der Waals surface area contributed by atoms with E-state index in [0.29, 0.717) is 17.3 Å². The molecule has 0 saturated heterocycles. The van der Waals surface area contributed by atoms with Crippen LogP contribution in [0.5, 0.6) is 11.6 Å². The van der Waals surface area contributed by atoms with Crippen LogP contribution in [0.25, 0.3) is 33.0 Å². The number of hydrogen-bond donors (Lipinski definition) is 0. The van der Waals surface area contributed by atoms with Gasteiger partial charge < -0.3 is 9.15 Å². The molecule has 2 heterocycles. The van der Waals surface area contributed by atoms with Gasteiger partial charge >= 0.3 is 0 Å². The Morgan fingerprint density at radius 3 is 2.14 bits per heavy atom. The first-order valence-corrected chi connectivity index (χ1v) is 9.18. The standard InChI is InChI=1S/C24H18N2O2/c1-15-7-5-8-16(2)23(15)28-24-20-14-18-10-4-3-9-17(18)13-19(20)22(25-26-24)21-11-6-12-27-21/h3-14H,1-2H3. The Morgan fingerprint density at radius 1 is 0.750 bits per heavy atom. The molecule has 0 aliphatic rings. The summed E-state index contributed by atoms with van der Waals surface area (Å²) in [6.07, 6.45) is 1.64. The minimum absolute atomic E-state index is 0.494. The molecule has 0 unspecified atom stereocenters. The first-order chi connectivity index (χ1) is 13.7. The van der Waals surface area contributed by atoms with E-state index in [1.165, 1.54) is 0 Å². The Morgan fingerprint density at radius 2 is 1.46 bits per heavy atom. The van der Waals surface area contributed by atoms with Crippen LogP contribution in [-0.2, 0) is 0 Å². The van der Waals surface area contributed by atoms with E-state index in [-0.39, 0.29) is 0 Å². The molecule has 0 amide bonds. The predicted octanol–water partition coefficient (Wildman–Crippen LogP) is 6.45. The van der Waals surface area contributed by atoms with E-state index in [9.17, 15) is 0 Å². The fourth-order valence-corrected chi connectivity index (χ4v) is 3.54. The molecule has 28 heavy (non-hydrogen) atoms. The second-order valence-electron chi connectivity index (χ2n) is 6.90. The molecule has 0 radical (unpaired) electrons. The minimum atomic E-state index is 0.494. The van der Waals surface area contributed by atoms with Crippen LogP contribution in [0.3, 0.4) is 0 Å². The quantitative estimate of drug-likeness (QED) is 0.344. The van der Waals surface area contributed by atoms with Crippen molar-refractivity contribution >= 4 is 21.5 Å². The van der Waals surface area contributed by atoms with Crippen molar-refractivity contribution in [3.8, 4) is 23.1 Å². The van der Waals surface area contributed by atoms with Crippen LogP contribution in [0, 0.1) is 13.8 Å². The number of aromatic nitrogens is 2. The Balaban J connectivity index is 1.78. The monoisotopic (exact) mass is 366 g/mol. The summed E-state index contributed by atoms with van der Waals surface area (Å²) < 4.78 is 11.9. The third-order valence-corrected chi connectivity index (χ3v) is 4.97. The average Bonchev–Trinajstić information content (AvgIpc) is 3.24. The maximum atomic E-state index is 6.27. The van der Waals surface area contributed by atoms with Gasteiger partial charge in [-0.3, -0.25) is 0 Å². The zero-order valence-corrected chi connectivity index (χ0v) is 15.6. The van der Waals surface area contributed by atoms with Crippen LogP contribution in [0.1, 0.15) is 11.1 Å². The van der Waals surface area contributed by atoms with Crippen LogP contribution in [0.4, 0.5) is 0 Å². The van der Waals surface area contributed by atoms with Crippen LogP contribution in [0.2, 0.25) is 0 Å². The zero-order chi connectivity index (χ0) is 19.1. The van der Waals surface area contributed by atoms with E-state index >= 15 is 0 Å². The van der Waals surface area contributed by atoms with Crippen molar-refractivity contribution in [2.75, 3.05) is 0 Å². The average molecular weight is 366 g/mol. The number of nitrogens with zero attached hydrogens (tertiary/aromatic N) is 2. The first-order valence-electron chi connectivity index (χ1n) is 9.18. The smallest absolute Gasteiger partial charge is 0.246 e. The molecule has 0 aliphatic heterocycles. The second kappa shape index (κ2) is 6.50. The summed E-state index contributed by atoms with van der Waals surface area (Å²) >= 11 is 0. The van der Waals surface area contributed by atoms with Crippen molar-refractivity contribution < 1.29 is 9.15 Å². The highest BCUT2D eigenvalue weighted by molar-refractivity contribution is 6.05. The van der Waals surface area contributed by atoms with Gasteiger partial charge in [-0.05, 0) is 60.0 Å². The highest BCUT2D eigenvalue weighted by Crippen LogP contribution is 2.37. The summed E-state index contributed by atoms with van der Waals surface area (Å²) in [4.78, 5) is 0. The molecular formula is C24H18N2O2.